The van der Waals surface area contributed by atoms with Gasteiger partial charge in [0.1, 0.15) is 4.93 Å². The van der Waals surface area contributed by atoms with E-state index < -0.39 is 4.93 Å². The molecule has 1 aromatic heterocycles. The molecule has 0 unspecified atom stereocenters. The highest BCUT2D eigenvalue weighted by molar-refractivity contribution is 8.02. The Morgan fingerprint density at radius 1 is 1.60 bits per heavy atom. The zero-order valence-electron chi connectivity index (χ0n) is 6.00. The van der Waals surface area contributed by atoms with Gasteiger partial charge in [-0.1, -0.05) is 17.8 Å². The Morgan fingerprint density at radius 2 is 2.30 bits per heavy atom. The van der Waals surface area contributed by atoms with E-state index in [4.69, 9.17) is 0 Å². The Labute approximate surface area is 69.1 Å². The Kier molecular flexibility index (Phi) is 2.39. The predicted molar refractivity (Wildman–Crippen MR) is 46.5 cm³/mol. The number of thiophene rings is 1. The summed E-state index contributed by atoms with van der Waals surface area (Å²) in [6.45, 7) is 3.58. The molecule has 56 valence electrons. The lowest BCUT2D eigenvalue weighted by atomic mass is 10.5. The average molecular weight is 174 g/mol. The van der Waals surface area contributed by atoms with Crippen molar-refractivity contribution in [2.24, 2.45) is 0 Å². The summed E-state index contributed by atoms with van der Waals surface area (Å²) in [5, 5.41) is 11.4. The van der Waals surface area contributed by atoms with Gasteiger partial charge in [-0.2, -0.15) is 0 Å². The number of hydrogen-bond acceptors (Lipinski definition) is 3. The fourth-order valence-corrected chi connectivity index (χ4v) is 2.63. The summed E-state index contributed by atoms with van der Waals surface area (Å²) in [7, 11) is 0. The van der Waals surface area contributed by atoms with Crippen LogP contribution in [0.3, 0.4) is 0 Å². The van der Waals surface area contributed by atoms with Gasteiger partial charge in [-0.25, -0.2) is 0 Å². The van der Waals surface area contributed by atoms with Crippen LogP contribution >= 0.6 is 23.1 Å². The van der Waals surface area contributed by atoms with Gasteiger partial charge in [0.15, 0.2) is 0 Å². The van der Waals surface area contributed by atoms with Crippen molar-refractivity contribution in [3.05, 3.63) is 17.5 Å². The van der Waals surface area contributed by atoms with E-state index in [1.54, 1.807) is 25.2 Å². The third-order valence-electron chi connectivity index (χ3n) is 0.845. The molecule has 0 amide bonds. The second-order valence-electron chi connectivity index (χ2n) is 2.48. The van der Waals surface area contributed by atoms with E-state index in [0.29, 0.717) is 0 Å². The molecule has 0 fully saturated rings. The maximum absolute atomic E-state index is 9.36. The standard InChI is InChI=1S/C7H10OS2/c1-7(2,8)10-6-4-3-5-9-6/h3-5,8H,1-2H3. The molecule has 0 aromatic carbocycles. The molecule has 0 saturated heterocycles. The third-order valence-corrected chi connectivity index (χ3v) is 2.88. The normalized spacial score (nSPS) is 11.9. The summed E-state index contributed by atoms with van der Waals surface area (Å²) in [6.07, 6.45) is 0. The topological polar surface area (TPSA) is 20.2 Å². The van der Waals surface area contributed by atoms with Crippen LogP contribution in [0, 0.1) is 0 Å². The van der Waals surface area contributed by atoms with Gasteiger partial charge >= 0.3 is 0 Å². The molecule has 0 aliphatic carbocycles. The molecule has 0 spiro atoms. The predicted octanol–water partition coefficient (Wildman–Crippen LogP) is 2.57. The Bertz CT molecular complexity index is 186. The highest BCUT2D eigenvalue weighted by Gasteiger charge is 2.13. The van der Waals surface area contributed by atoms with Gasteiger partial charge in [-0.05, 0) is 25.3 Å². The molecular formula is C7H10OS2. The number of rotatable bonds is 2. The van der Waals surface area contributed by atoms with Gasteiger partial charge in [-0.3, -0.25) is 0 Å². The number of thioether (sulfide) groups is 1. The summed E-state index contributed by atoms with van der Waals surface area (Å²) < 4.78 is 1.16. The summed E-state index contributed by atoms with van der Waals surface area (Å²) in [5.41, 5.74) is 0. The third kappa shape index (κ3) is 2.73. The first-order valence-corrected chi connectivity index (χ1v) is 4.72. The van der Waals surface area contributed by atoms with Crippen LogP contribution in [-0.4, -0.2) is 10.0 Å². The van der Waals surface area contributed by atoms with E-state index in [-0.39, 0.29) is 0 Å². The first-order valence-electron chi connectivity index (χ1n) is 3.03. The van der Waals surface area contributed by atoms with Crippen molar-refractivity contribution in [2.45, 2.75) is 23.0 Å². The van der Waals surface area contributed by atoms with Crippen molar-refractivity contribution in [1.82, 2.24) is 0 Å². The SMILES string of the molecule is CC(C)(O)Sc1cccs1. The number of aliphatic hydroxyl groups is 1. The van der Waals surface area contributed by atoms with Crippen molar-refractivity contribution in [3.8, 4) is 0 Å². The average Bonchev–Trinajstić information content (AvgIpc) is 2.12. The second kappa shape index (κ2) is 2.95. The maximum Gasteiger partial charge on any atom is 0.110 e. The second-order valence-corrected chi connectivity index (χ2v) is 5.33. The Hall–Kier alpha value is 0.01000. The molecule has 1 nitrogen and oxygen atoms in total. The van der Waals surface area contributed by atoms with E-state index >= 15 is 0 Å². The maximum atomic E-state index is 9.36. The van der Waals surface area contributed by atoms with E-state index in [1.165, 1.54) is 11.8 Å². The Morgan fingerprint density at radius 3 is 2.70 bits per heavy atom. The first-order chi connectivity index (χ1) is 4.58. The van der Waals surface area contributed by atoms with E-state index in [0.717, 1.165) is 4.21 Å². The first kappa shape index (κ1) is 8.11. The van der Waals surface area contributed by atoms with Crippen molar-refractivity contribution in [2.75, 3.05) is 0 Å². The zero-order chi connectivity index (χ0) is 7.61. The Balaban J connectivity index is 2.57. The summed E-state index contributed by atoms with van der Waals surface area (Å²) in [5.74, 6) is 0. The highest BCUT2D eigenvalue weighted by atomic mass is 32.2. The fraction of sp³-hybridized carbons (Fsp3) is 0.429. The van der Waals surface area contributed by atoms with Gasteiger partial charge < -0.3 is 5.11 Å². The monoisotopic (exact) mass is 174 g/mol. The largest absolute Gasteiger partial charge is 0.380 e. The summed E-state index contributed by atoms with van der Waals surface area (Å²) >= 11 is 3.13. The minimum Gasteiger partial charge on any atom is -0.380 e. The van der Waals surface area contributed by atoms with Crippen LogP contribution in [0.1, 0.15) is 13.8 Å². The zero-order valence-corrected chi connectivity index (χ0v) is 7.63. The highest BCUT2D eigenvalue weighted by Crippen LogP contribution is 2.32. The quantitative estimate of drug-likeness (QED) is 0.549. The lowest BCUT2D eigenvalue weighted by Crippen LogP contribution is -2.10. The lowest BCUT2D eigenvalue weighted by Gasteiger charge is -2.13. The minimum atomic E-state index is -0.648. The van der Waals surface area contributed by atoms with Crippen LogP contribution in [0.5, 0.6) is 0 Å². The van der Waals surface area contributed by atoms with Crippen LogP contribution in [0.2, 0.25) is 0 Å². The van der Waals surface area contributed by atoms with E-state index in [1.807, 2.05) is 17.5 Å². The molecule has 0 aliphatic rings. The summed E-state index contributed by atoms with van der Waals surface area (Å²) in [6, 6.07) is 3.99. The van der Waals surface area contributed by atoms with Crippen LogP contribution < -0.4 is 0 Å². The molecule has 3 heteroatoms. The van der Waals surface area contributed by atoms with Crippen molar-refractivity contribution < 1.29 is 5.11 Å². The van der Waals surface area contributed by atoms with Crippen molar-refractivity contribution in [3.63, 3.8) is 0 Å². The van der Waals surface area contributed by atoms with E-state index in [2.05, 4.69) is 0 Å². The molecule has 0 radical (unpaired) electrons. The molecule has 0 atom stereocenters. The lowest BCUT2D eigenvalue weighted by molar-refractivity contribution is 0.179. The molecular weight excluding hydrogens is 164 g/mol. The number of hydrogen-bond donors (Lipinski definition) is 1. The van der Waals surface area contributed by atoms with Gasteiger partial charge in [0.25, 0.3) is 0 Å². The van der Waals surface area contributed by atoms with Crippen molar-refractivity contribution >= 4 is 23.1 Å². The van der Waals surface area contributed by atoms with Gasteiger partial charge in [0.2, 0.25) is 0 Å². The van der Waals surface area contributed by atoms with Crippen LogP contribution in [0.15, 0.2) is 21.7 Å². The smallest absolute Gasteiger partial charge is 0.110 e. The van der Waals surface area contributed by atoms with Crippen LogP contribution in [0.4, 0.5) is 0 Å². The van der Waals surface area contributed by atoms with E-state index in [9.17, 15) is 5.11 Å². The summed E-state index contributed by atoms with van der Waals surface area (Å²) in [4.78, 5) is -0.648. The molecule has 1 aromatic rings. The molecule has 1 N–H and O–H groups in total. The molecule has 1 rings (SSSR count). The molecule has 1 heterocycles. The van der Waals surface area contributed by atoms with Crippen LogP contribution in [-0.2, 0) is 0 Å². The minimum absolute atomic E-state index is 0.648. The van der Waals surface area contributed by atoms with Gasteiger partial charge in [0.05, 0.1) is 4.21 Å². The molecule has 0 aliphatic heterocycles. The van der Waals surface area contributed by atoms with Crippen LogP contribution in [0.25, 0.3) is 0 Å². The fourth-order valence-electron chi connectivity index (χ4n) is 0.568. The molecule has 0 saturated carbocycles. The van der Waals surface area contributed by atoms with Gasteiger partial charge in [0, 0.05) is 0 Å². The molecule has 0 bridgehead atoms. The van der Waals surface area contributed by atoms with Crippen molar-refractivity contribution in [1.29, 1.82) is 0 Å². The van der Waals surface area contributed by atoms with Gasteiger partial charge in [-0.15, -0.1) is 11.3 Å². The molecule has 10 heavy (non-hydrogen) atoms.